The van der Waals surface area contributed by atoms with E-state index in [1.165, 1.54) is 44.9 Å². The van der Waals surface area contributed by atoms with E-state index in [1.54, 1.807) is 0 Å². The van der Waals surface area contributed by atoms with Crippen molar-refractivity contribution < 1.29 is 4.74 Å². The molecular formula is C17H32O. The topological polar surface area (TPSA) is 12.5 Å². The summed E-state index contributed by atoms with van der Waals surface area (Å²) in [5.74, 6) is 2.74. The van der Waals surface area contributed by atoms with Gasteiger partial charge in [0.1, 0.15) is 0 Å². The normalized spacial score (nSPS) is 39.3. The maximum absolute atomic E-state index is 5.37. The van der Waals surface area contributed by atoms with E-state index in [0.717, 1.165) is 24.4 Å². The predicted molar refractivity (Wildman–Crippen MR) is 77.7 cm³/mol. The first kappa shape index (κ1) is 14.4. The monoisotopic (exact) mass is 252 g/mol. The molecule has 1 aliphatic carbocycles. The highest BCUT2D eigenvalue weighted by Crippen LogP contribution is 2.46. The molecule has 0 bridgehead atoms. The summed E-state index contributed by atoms with van der Waals surface area (Å²) < 4.78 is 5.37. The second-order valence-electron chi connectivity index (χ2n) is 7.51. The molecule has 2 rings (SSSR count). The molecule has 1 saturated heterocycles. The Morgan fingerprint density at radius 2 is 1.78 bits per heavy atom. The van der Waals surface area contributed by atoms with Crippen LogP contribution in [-0.4, -0.2) is 12.7 Å². The van der Waals surface area contributed by atoms with Crippen molar-refractivity contribution in [2.45, 2.75) is 78.7 Å². The Labute approximate surface area is 114 Å². The van der Waals surface area contributed by atoms with Crippen molar-refractivity contribution in [1.82, 2.24) is 0 Å². The zero-order chi connectivity index (χ0) is 13.2. The van der Waals surface area contributed by atoms with Crippen LogP contribution in [-0.2, 0) is 4.74 Å². The summed E-state index contributed by atoms with van der Waals surface area (Å²) in [6, 6.07) is 0. The van der Waals surface area contributed by atoms with Gasteiger partial charge >= 0.3 is 0 Å². The maximum Gasteiger partial charge on any atom is 0.0812 e. The summed E-state index contributed by atoms with van der Waals surface area (Å²) in [7, 11) is 0. The van der Waals surface area contributed by atoms with Crippen LogP contribution < -0.4 is 0 Å². The second kappa shape index (κ2) is 5.94. The van der Waals surface area contributed by atoms with Gasteiger partial charge in [-0.05, 0) is 61.7 Å². The lowest BCUT2D eigenvalue weighted by Gasteiger charge is -2.40. The molecule has 1 heterocycles. The lowest BCUT2D eigenvalue weighted by molar-refractivity contribution is 0.113. The van der Waals surface area contributed by atoms with E-state index in [0.29, 0.717) is 11.5 Å². The first-order chi connectivity index (χ1) is 8.52. The molecule has 2 aliphatic rings. The van der Waals surface area contributed by atoms with Gasteiger partial charge in [-0.15, -0.1) is 0 Å². The fourth-order valence-corrected chi connectivity index (χ4v) is 3.77. The Morgan fingerprint density at radius 1 is 1.17 bits per heavy atom. The van der Waals surface area contributed by atoms with Crippen LogP contribution >= 0.6 is 0 Å². The molecule has 3 atom stereocenters. The molecule has 0 spiro atoms. The third-order valence-corrected chi connectivity index (χ3v) is 5.74. The molecule has 0 radical (unpaired) electrons. The molecule has 0 aromatic rings. The minimum absolute atomic E-state index is 0.629. The van der Waals surface area contributed by atoms with E-state index < -0.39 is 0 Å². The third-order valence-electron chi connectivity index (χ3n) is 5.74. The van der Waals surface area contributed by atoms with Crippen LogP contribution in [0.3, 0.4) is 0 Å². The summed E-state index contributed by atoms with van der Waals surface area (Å²) in [6.07, 6.45) is 10.5. The average Bonchev–Trinajstić information content (AvgIpc) is 3.15. The van der Waals surface area contributed by atoms with Crippen molar-refractivity contribution in [3.8, 4) is 0 Å². The van der Waals surface area contributed by atoms with Crippen LogP contribution in [0.4, 0.5) is 0 Å². The molecule has 1 nitrogen and oxygen atoms in total. The lowest BCUT2D eigenvalue weighted by atomic mass is 9.66. The maximum atomic E-state index is 5.37. The van der Waals surface area contributed by atoms with E-state index in [4.69, 9.17) is 4.74 Å². The van der Waals surface area contributed by atoms with E-state index in [9.17, 15) is 0 Å². The first-order valence-electron chi connectivity index (χ1n) is 8.14. The zero-order valence-corrected chi connectivity index (χ0v) is 12.9. The Morgan fingerprint density at radius 3 is 2.28 bits per heavy atom. The molecule has 0 N–H and O–H groups in total. The first-order valence-corrected chi connectivity index (χ1v) is 8.14. The molecule has 106 valence electrons. The van der Waals surface area contributed by atoms with Gasteiger partial charge in [0.2, 0.25) is 0 Å². The smallest absolute Gasteiger partial charge is 0.0812 e. The van der Waals surface area contributed by atoms with Gasteiger partial charge in [-0.25, -0.2) is 0 Å². The van der Waals surface area contributed by atoms with Gasteiger partial charge in [0, 0.05) is 0 Å². The van der Waals surface area contributed by atoms with Gasteiger partial charge in [-0.3, -0.25) is 0 Å². The van der Waals surface area contributed by atoms with Gasteiger partial charge < -0.3 is 4.74 Å². The Bertz CT molecular complexity index is 248. The van der Waals surface area contributed by atoms with Crippen molar-refractivity contribution >= 4 is 0 Å². The summed E-state index contributed by atoms with van der Waals surface area (Å²) in [4.78, 5) is 0. The van der Waals surface area contributed by atoms with E-state index in [2.05, 4.69) is 27.7 Å². The Kier molecular flexibility index (Phi) is 4.75. The molecule has 18 heavy (non-hydrogen) atoms. The van der Waals surface area contributed by atoms with Gasteiger partial charge in [0.15, 0.2) is 0 Å². The SMILES string of the molecule is CCC(C)C(C)CC1(C)CCC(CC2CO2)CC1. The van der Waals surface area contributed by atoms with Crippen molar-refractivity contribution in [1.29, 1.82) is 0 Å². The molecule has 1 heteroatoms. The van der Waals surface area contributed by atoms with Gasteiger partial charge in [0.05, 0.1) is 12.7 Å². The quantitative estimate of drug-likeness (QED) is 0.603. The summed E-state index contributed by atoms with van der Waals surface area (Å²) in [5.41, 5.74) is 0.629. The van der Waals surface area contributed by atoms with Crippen molar-refractivity contribution in [2.24, 2.45) is 23.2 Å². The van der Waals surface area contributed by atoms with E-state index in [1.807, 2.05) is 0 Å². The van der Waals surface area contributed by atoms with Gasteiger partial charge in [-0.1, -0.05) is 34.1 Å². The number of hydrogen-bond acceptors (Lipinski definition) is 1. The largest absolute Gasteiger partial charge is 0.373 e. The van der Waals surface area contributed by atoms with Crippen LogP contribution in [0.2, 0.25) is 0 Å². The van der Waals surface area contributed by atoms with E-state index >= 15 is 0 Å². The second-order valence-corrected chi connectivity index (χ2v) is 7.51. The van der Waals surface area contributed by atoms with Crippen LogP contribution in [0.1, 0.15) is 72.6 Å². The van der Waals surface area contributed by atoms with E-state index in [-0.39, 0.29) is 0 Å². The standard InChI is InChI=1S/C17H32O/c1-5-13(2)14(3)11-17(4)8-6-15(7-9-17)10-16-12-18-16/h13-16H,5-12H2,1-4H3. The molecule has 0 aromatic heterocycles. The molecular weight excluding hydrogens is 220 g/mol. The molecule has 2 fully saturated rings. The number of ether oxygens (including phenoxy) is 1. The number of epoxide rings is 1. The van der Waals surface area contributed by atoms with Gasteiger partial charge in [0.25, 0.3) is 0 Å². The van der Waals surface area contributed by atoms with Crippen LogP contribution in [0.15, 0.2) is 0 Å². The minimum atomic E-state index is 0.629. The number of rotatable bonds is 6. The minimum Gasteiger partial charge on any atom is -0.373 e. The highest BCUT2D eigenvalue weighted by atomic mass is 16.6. The molecule has 1 aliphatic heterocycles. The number of hydrogen-bond donors (Lipinski definition) is 0. The van der Waals surface area contributed by atoms with Crippen LogP contribution in [0.5, 0.6) is 0 Å². The summed E-state index contributed by atoms with van der Waals surface area (Å²) in [6.45, 7) is 10.8. The highest BCUT2D eigenvalue weighted by Gasteiger charge is 2.35. The summed E-state index contributed by atoms with van der Waals surface area (Å²) in [5, 5.41) is 0. The van der Waals surface area contributed by atoms with Crippen molar-refractivity contribution in [2.75, 3.05) is 6.61 Å². The van der Waals surface area contributed by atoms with Crippen LogP contribution in [0, 0.1) is 23.2 Å². The Hall–Kier alpha value is -0.0400. The third kappa shape index (κ3) is 3.98. The molecule has 0 amide bonds. The zero-order valence-electron chi connectivity index (χ0n) is 12.9. The highest BCUT2D eigenvalue weighted by molar-refractivity contribution is 4.86. The fourth-order valence-electron chi connectivity index (χ4n) is 3.77. The Balaban J connectivity index is 1.75. The van der Waals surface area contributed by atoms with Crippen molar-refractivity contribution in [3.63, 3.8) is 0 Å². The fraction of sp³-hybridized carbons (Fsp3) is 1.00. The molecule has 3 unspecified atom stereocenters. The lowest BCUT2D eigenvalue weighted by Crippen LogP contribution is -2.28. The molecule has 1 saturated carbocycles. The molecule has 0 aromatic carbocycles. The summed E-state index contributed by atoms with van der Waals surface area (Å²) >= 11 is 0. The van der Waals surface area contributed by atoms with Crippen LogP contribution in [0.25, 0.3) is 0 Å². The van der Waals surface area contributed by atoms with Gasteiger partial charge in [-0.2, -0.15) is 0 Å². The average molecular weight is 252 g/mol. The predicted octanol–water partition coefficient (Wildman–Crippen LogP) is 5.04. The van der Waals surface area contributed by atoms with Crippen molar-refractivity contribution in [3.05, 3.63) is 0 Å².